The van der Waals surface area contributed by atoms with Crippen molar-refractivity contribution in [1.82, 2.24) is 19.1 Å². The molecule has 4 aromatic heterocycles. The van der Waals surface area contributed by atoms with Crippen LogP contribution in [0.2, 0.25) is 0 Å². The van der Waals surface area contributed by atoms with Gasteiger partial charge >= 0.3 is 0 Å². The fraction of sp³-hybridized carbons (Fsp3) is 0.0952. The van der Waals surface area contributed by atoms with Crippen molar-refractivity contribution in [2.45, 2.75) is 6.54 Å². The maximum absolute atomic E-state index is 4.39. The van der Waals surface area contributed by atoms with Gasteiger partial charge in [-0.05, 0) is 24.3 Å². The van der Waals surface area contributed by atoms with Crippen LogP contribution in [-0.2, 0) is 13.6 Å². The number of hydrogen-bond acceptors (Lipinski definition) is 2. The number of aromatic nitrogens is 5. The Labute approximate surface area is 149 Å². The van der Waals surface area contributed by atoms with Crippen molar-refractivity contribution in [1.29, 1.82) is 0 Å². The highest BCUT2D eigenvalue weighted by Gasteiger charge is 2.35. The second kappa shape index (κ2) is 4.79. The van der Waals surface area contributed by atoms with Gasteiger partial charge in [0.25, 0.3) is 5.65 Å². The topological polar surface area (TPSA) is 39.5 Å². The number of hydrogen-bond donors (Lipinski definition) is 0. The normalized spacial score (nSPS) is 12.7. The van der Waals surface area contributed by atoms with Gasteiger partial charge in [-0.2, -0.15) is 0 Å². The largest absolute Gasteiger partial charge is 0.275 e. The molecule has 0 saturated heterocycles. The highest BCUT2D eigenvalue weighted by Crippen LogP contribution is 2.36. The van der Waals surface area contributed by atoms with Crippen LogP contribution >= 0.6 is 0 Å². The van der Waals surface area contributed by atoms with Crippen LogP contribution < -0.4 is 4.57 Å². The molecule has 26 heavy (non-hydrogen) atoms. The third-order valence-electron chi connectivity index (χ3n) is 5.38. The molecule has 5 heterocycles. The molecule has 0 radical (unpaired) electrons. The molecule has 5 aromatic rings. The number of pyridine rings is 2. The summed E-state index contributed by atoms with van der Waals surface area (Å²) in [6, 6.07) is 14.7. The molecule has 1 aliphatic rings. The van der Waals surface area contributed by atoms with Gasteiger partial charge in [-0.1, -0.05) is 18.2 Å². The third kappa shape index (κ3) is 1.57. The number of aryl methyl sites for hydroxylation is 1. The molecule has 0 bridgehead atoms. The van der Waals surface area contributed by atoms with Crippen molar-refractivity contribution in [2.24, 2.45) is 7.05 Å². The lowest BCUT2D eigenvalue weighted by Gasteiger charge is -2.02. The smallest absolute Gasteiger partial charge is 0.264 e. The van der Waals surface area contributed by atoms with Crippen molar-refractivity contribution >= 4 is 22.1 Å². The van der Waals surface area contributed by atoms with E-state index < -0.39 is 0 Å². The van der Waals surface area contributed by atoms with Crippen LogP contribution in [0.15, 0.2) is 67.3 Å². The first kappa shape index (κ1) is 13.8. The zero-order valence-electron chi connectivity index (χ0n) is 14.3. The fourth-order valence-corrected chi connectivity index (χ4v) is 4.32. The number of rotatable bonds is 1. The number of para-hydroxylation sites is 1. The molecule has 5 nitrogen and oxygen atoms in total. The minimum Gasteiger partial charge on any atom is -0.264 e. The van der Waals surface area contributed by atoms with Gasteiger partial charge in [0.2, 0.25) is 5.82 Å². The lowest BCUT2D eigenvalue weighted by atomic mass is 10.2. The number of nitrogens with zero attached hydrogens (tertiary/aromatic N) is 5. The van der Waals surface area contributed by atoms with E-state index in [0.29, 0.717) is 0 Å². The van der Waals surface area contributed by atoms with E-state index >= 15 is 0 Å². The summed E-state index contributed by atoms with van der Waals surface area (Å²) in [4.78, 5) is 8.74. The van der Waals surface area contributed by atoms with E-state index in [9.17, 15) is 0 Å². The Morgan fingerprint density at radius 2 is 1.77 bits per heavy atom. The Morgan fingerprint density at radius 1 is 0.962 bits per heavy atom. The van der Waals surface area contributed by atoms with E-state index in [2.05, 4.69) is 73.2 Å². The summed E-state index contributed by atoms with van der Waals surface area (Å²) >= 11 is 0. The van der Waals surface area contributed by atoms with Crippen molar-refractivity contribution in [3.63, 3.8) is 0 Å². The van der Waals surface area contributed by atoms with Crippen LogP contribution in [0.5, 0.6) is 0 Å². The molecule has 0 N–H and O–H groups in total. The van der Waals surface area contributed by atoms with E-state index in [-0.39, 0.29) is 0 Å². The first-order valence-corrected chi connectivity index (χ1v) is 8.70. The monoisotopic (exact) mass is 338 g/mol. The lowest BCUT2D eigenvalue weighted by molar-refractivity contribution is -0.648. The Balaban J connectivity index is 1.83. The van der Waals surface area contributed by atoms with Gasteiger partial charge in [-0.15, -0.1) is 0 Å². The van der Waals surface area contributed by atoms with Crippen molar-refractivity contribution in [3.05, 3.63) is 72.8 Å². The molecule has 0 amide bonds. The minimum atomic E-state index is 0.862. The van der Waals surface area contributed by atoms with Gasteiger partial charge in [0.15, 0.2) is 5.52 Å². The predicted molar refractivity (Wildman–Crippen MR) is 100 cm³/mol. The van der Waals surface area contributed by atoms with Crippen LogP contribution in [0.3, 0.4) is 0 Å². The average Bonchev–Trinajstić information content (AvgIpc) is 3.31. The summed E-state index contributed by atoms with van der Waals surface area (Å²) in [5.74, 6) is 1.21. The summed E-state index contributed by atoms with van der Waals surface area (Å²) < 4.78 is 7.01. The Morgan fingerprint density at radius 3 is 2.65 bits per heavy atom. The van der Waals surface area contributed by atoms with Gasteiger partial charge < -0.3 is 0 Å². The van der Waals surface area contributed by atoms with Crippen LogP contribution in [0.1, 0.15) is 5.56 Å². The molecule has 0 spiro atoms. The quantitative estimate of drug-likeness (QED) is 0.432. The first-order chi connectivity index (χ1) is 12.8. The molecule has 1 aliphatic heterocycles. The van der Waals surface area contributed by atoms with Crippen molar-refractivity contribution in [3.8, 4) is 17.1 Å². The van der Waals surface area contributed by atoms with Crippen LogP contribution in [0, 0.1) is 0 Å². The molecule has 0 aliphatic carbocycles. The summed E-state index contributed by atoms with van der Waals surface area (Å²) in [6.07, 6.45) is 7.68. The fourth-order valence-electron chi connectivity index (χ4n) is 4.32. The molecule has 0 fully saturated rings. The summed E-state index contributed by atoms with van der Waals surface area (Å²) in [7, 11) is 2.14. The average molecular weight is 338 g/mol. The first-order valence-electron chi connectivity index (χ1n) is 8.70. The van der Waals surface area contributed by atoms with E-state index in [1.807, 2.05) is 24.8 Å². The minimum absolute atomic E-state index is 0.862. The standard InChI is InChI=1S/C21H16N5/c1-24-19-16-8-10-23-12-18(16)26(15-5-3-2-4-6-15)21(19)25-13-14-7-9-22-11-17(14)20(24)25/h2-12H,13H2,1H3/q+1. The molecule has 5 heteroatoms. The number of fused-ring (bicyclic) bond motifs is 7. The van der Waals surface area contributed by atoms with Gasteiger partial charge in [-0.25, -0.2) is 9.13 Å². The molecule has 6 rings (SSSR count). The van der Waals surface area contributed by atoms with E-state index in [1.54, 1.807) is 0 Å². The molecule has 0 unspecified atom stereocenters. The second-order valence-corrected chi connectivity index (χ2v) is 6.74. The molecule has 124 valence electrons. The molecular formula is C21H16N5+. The van der Waals surface area contributed by atoms with Gasteiger partial charge in [-0.3, -0.25) is 14.5 Å². The Hall–Kier alpha value is -3.47. The molecule has 0 atom stereocenters. The molecular weight excluding hydrogens is 322 g/mol. The Bertz CT molecular complexity index is 1310. The van der Waals surface area contributed by atoms with Crippen LogP contribution in [0.4, 0.5) is 0 Å². The van der Waals surface area contributed by atoms with Gasteiger partial charge in [0.1, 0.15) is 11.2 Å². The van der Waals surface area contributed by atoms with Crippen LogP contribution in [-0.4, -0.2) is 19.1 Å². The summed E-state index contributed by atoms with van der Waals surface area (Å²) in [5.41, 5.74) is 7.24. The van der Waals surface area contributed by atoms with Crippen molar-refractivity contribution < 1.29 is 4.57 Å². The van der Waals surface area contributed by atoms with E-state index in [1.165, 1.54) is 33.5 Å². The SMILES string of the molecule is Cn1c2[n+](c3c1c1ccncc1n3-c1ccccc1)Cc1ccncc1-2. The number of imidazole rings is 1. The number of benzene rings is 1. The highest BCUT2D eigenvalue weighted by molar-refractivity contribution is 6.05. The highest BCUT2D eigenvalue weighted by atomic mass is 15.2. The molecule has 0 saturated carbocycles. The van der Waals surface area contributed by atoms with Gasteiger partial charge in [0.05, 0.1) is 30.7 Å². The predicted octanol–water partition coefficient (Wildman–Crippen LogP) is 3.23. The molecule has 1 aromatic carbocycles. The summed E-state index contributed by atoms with van der Waals surface area (Å²) in [6.45, 7) is 0.862. The third-order valence-corrected chi connectivity index (χ3v) is 5.38. The second-order valence-electron chi connectivity index (χ2n) is 6.74. The van der Waals surface area contributed by atoms with Crippen LogP contribution in [0.25, 0.3) is 39.1 Å². The van der Waals surface area contributed by atoms with Crippen molar-refractivity contribution in [2.75, 3.05) is 0 Å². The zero-order chi connectivity index (χ0) is 17.3. The maximum Gasteiger partial charge on any atom is 0.275 e. The van der Waals surface area contributed by atoms with E-state index in [4.69, 9.17) is 0 Å². The summed E-state index contributed by atoms with van der Waals surface area (Å²) in [5, 5.41) is 1.22. The maximum atomic E-state index is 4.39. The Kier molecular flexibility index (Phi) is 2.54. The lowest BCUT2D eigenvalue weighted by Crippen LogP contribution is -2.33. The van der Waals surface area contributed by atoms with Gasteiger partial charge in [0, 0.05) is 24.2 Å². The van der Waals surface area contributed by atoms with E-state index in [0.717, 1.165) is 17.7 Å². The zero-order valence-corrected chi connectivity index (χ0v) is 14.3.